The van der Waals surface area contributed by atoms with Gasteiger partial charge in [0, 0.05) is 23.2 Å². The zero-order valence-corrected chi connectivity index (χ0v) is 13.3. The zero-order chi connectivity index (χ0) is 14.7. The van der Waals surface area contributed by atoms with Gasteiger partial charge in [-0.05, 0) is 24.6 Å². The SMILES string of the molecule is Cc1ccc(Nc2cnnc(N3CCOCC3)n2)cc1Br. The Balaban J connectivity index is 1.77. The molecule has 21 heavy (non-hydrogen) atoms. The Labute approximate surface area is 131 Å². The third kappa shape index (κ3) is 3.48. The van der Waals surface area contributed by atoms with Crippen LogP contribution in [0.25, 0.3) is 0 Å². The third-order valence-corrected chi connectivity index (χ3v) is 4.14. The monoisotopic (exact) mass is 349 g/mol. The summed E-state index contributed by atoms with van der Waals surface area (Å²) >= 11 is 3.53. The molecule has 1 saturated heterocycles. The fourth-order valence-electron chi connectivity index (χ4n) is 2.07. The van der Waals surface area contributed by atoms with Crippen LogP contribution in [0.1, 0.15) is 5.56 Å². The van der Waals surface area contributed by atoms with Gasteiger partial charge in [0.1, 0.15) is 0 Å². The molecule has 1 aliphatic heterocycles. The molecule has 0 saturated carbocycles. The second-order valence-corrected chi connectivity index (χ2v) is 5.68. The van der Waals surface area contributed by atoms with Gasteiger partial charge in [0.2, 0.25) is 5.95 Å². The number of hydrogen-bond acceptors (Lipinski definition) is 6. The molecule has 6 nitrogen and oxygen atoms in total. The lowest BCUT2D eigenvalue weighted by molar-refractivity contribution is 0.122. The first-order valence-electron chi connectivity index (χ1n) is 6.78. The summed E-state index contributed by atoms with van der Waals surface area (Å²) in [5, 5.41) is 11.4. The van der Waals surface area contributed by atoms with Crippen LogP contribution in [-0.2, 0) is 4.74 Å². The summed E-state index contributed by atoms with van der Waals surface area (Å²) in [7, 11) is 0. The summed E-state index contributed by atoms with van der Waals surface area (Å²) in [6.45, 7) is 5.04. The van der Waals surface area contributed by atoms with Gasteiger partial charge in [-0.25, -0.2) is 0 Å². The second kappa shape index (κ2) is 6.36. The third-order valence-electron chi connectivity index (χ3n) is 3.29. The minimum atomic E-state index is 0.634. The zero-order valence-electron chi connectivity index (χ0n) is 11.7. The average Bonchev–Trinajstić information content (AvgIpc) is 2.52. The van der Waals surface area contributed by atoms with Crippen LogP contribution >= 0.6 is 15.9 Å². The van der Waals surface area contributed by atoms with Gasteiger partial charge in [0.15, 0.2) is 5.82 Å². The number of anilines is 3. The van der Waals surface area contributed by atoms with E-state index in [1.165, 1.54) is 5.56 Å². The van der Waals surface area contributed by atoms with Crippen LogP contribution in [0.4, 0.5) is 17.5 Å². The van der Waals surface area contributed by atoms with Gasteiger partial charge < -0.3 is 15.0 Å². The second-order valence-electron chi connectivity index (χ2n) is 4.83. The normalized spacial score (nSPS) is 15.0. The standard InChI is InChI=1S/C14H16BrN5O/c1-10-2-3-11(8-12(10)15)17-13-9-16-19-14(18-13)20-4-6-21-7-5-20/h2-3,8-9H,4-7H2,1H3,(H,17,18,19). The van der Waals surface area contributed by atoms with Crippen molar-refractivity contribution in [1.82, 2.24) is 15.2 Å². The predicted molar refractivity (Wildman–Crippen MR) is 85.0 cm³/mol. The molecule has 0 bridgehead atoms. The van der Waals surface area contributed by atoms with Crippen molar-refractivity contribution in [2.45, 2.75) is 6.92 Å². The molecule has 1 N–H and O–H groups in total. The summed E-state index contributed by atoms with van der Waals surface area (Å²) in [6.07, 6.45) is 1.62. The summed E-state index contributed by atoms with van der Waals surface area (Å²) in [5.41, 5.74) is 2.15. The van der Waals surface area contributed by atoms with E-state index in [9.17, 15) is 0 Å². The fourth-order valence-corrected chi connectivity index (χ4v) is 2.45. The molecule has 3 rings (SSSR count). The van der Waals surface area contributed by atoms with Gasteiger partial charge in [0.25, 0.3) is 0 Å². The lowest BCUT2D eigenvalue weighted by Crippen LogP contribution is -2.37. The van der Waals surface area contributed by atoms with Crippen molar-refractivity contribution < 1.29 is 4.74 Å². The van der Waals surface area contributed by atoms with Crippen molar-refractivity contribution in [3.63, 3.8) is 0 Å². The highest BCUT2D eigenvalue weighted by atomic mass is 79.9. The first-order valence-corrected chi connectivity index (χ1v) is 7.57. The van der Waals surface area contributed by atoms with Gasteiger partial charge in [-0.2, -0.15) is 10.1 Å². The van der Waals surface area contributed by atoms with Crippen LogP contribution in [0, 0.1) is 6.92 Å². The first-order chi connectivity index (χ1) is 10.2. The summed E-state index contributed by atoms with van der Waals surface area (Å²) in [6, 6.07) is 6.08. The summed E-state index contributed by atoms with van der Waals surface area (Å²) < 4.78 is 6.39. The molecule has 0 radical (unpaired) electrons. The maximum Gasteiger partial charge on any atom is 0.247 e. The van der Waals surface area contributed by atoms with Gasteiger partial charge in [-0.3, -0.25) is 0 Å². The molecule has 110 valence electrons. The Morgan fingerprint density at radius 3 is 2.86 bits per heavy atom. The highest BCUT2D eigenvalue weighted by Gasteiger charge is 2.14. The van der Waals surface area contributed by atoms with E-state index in [-0.39, 0.29) is 0 Å². The molecule has 1 aromatic heterocycles. The highest BCUT2D eigenvalue weighted by molar-refractivity contribution is 9.10. The van der Waals surface area contributed by atoms with E-state index in [0.717, 1.165) is 23.2 Å². The molecule has 1 aromatic carbocycles. The molecule has 0 aliphatic carbocycles. The van der Waals surface area contributed by atoms with Crippen molar-refractivity contribution in [2.75, 3.05) is 36.5 Å². The Bertz CT molecular complexity index is 631. The molecule has 0 amide bonds. The molecule has 1 fully saturated rings. The van der Waals surface area contributed by atoms with E-state index >= 15 is 0 Å². The molecule has 7 heteroatoms. The van der Waals surface area contributed by atoms with Gasteiger partial charge in [0.05, 0.1) is 19.4 Å². The molecular formula is C14H16BrN5O. The minimum Gasteiger partial charge on any atom is -0.378 e. The van der Waals surface area contributed by atoms with Crippen LogP contribution < -0.4 is 10.2 Å². The van der Waals surface area contributed by atoms with Crippen molar-refractivity contribution >= 4 is 33.4 Å². The van der Waals surface area contributed by atoms with Crippen molar-refractivity contribution in [1.29, 1.82) is 0 Å². The Morgan fingerprint density at radius 2 is 2.10 bits per heavy atom. The molecule has 1 aliphatic rings. The molecule has 0 unspecified atom stereocenters. The smallest absolute Gasteiger partial charge is 0.247 e. The van der Waals surface area contributed by atoms with Crippen LogP contribution in [0.2, 0.25) is 0 Å². The number of aryl methyl sites for hydroxylation is 1. The largest absolute Gasteiger partial charge is 0.378 e. The number of morpholine rings is 1. The fraction of sp³-hybridized carbons (Fsp3) is 0.357. The van der Waals surface area contributed by atoms with E-state index < -0.39 is 0 Å². The first kappa shape index (κ1) is 14.2. The van der Waals surface area contributed by atoms with Crippen LogP contribution in [0.3, 0.4) is 0 Å². The van der Waals surface area contributed by atoms with E-state index in [0.29, 0.717) is 25.0 Å². The number of nitrogens with zero attached hydrogens (tertiary/aromatic N) is 4. The van der Waals surface area contributed by atoms with E-state index in [4.69, 9.17) is 4.74 Å². The maximum absolute atomic E-state index is 5.33. The van der Waals surface area contributed by atoms with E-state index in [2.05, 4.69) is 48.3 Å². The number of aromatic nitrogens is 3. The summed E-state index contributed by atoms with van der Waals surface area (Å²) in [4.78, 5) is 6.59. The molecular weight excluding hydrogens is 334 g/mol. The lowest BCUT2D eigenvalue weighted by atomic mass is 10.2. The lowest BCUT2D eigenvalue weighted by Gasteiger charge is -2.26. The average molecular weight is 350 g/mol. The maximum atomic E-state index is 5.33. The highest BCUT2D eigenvalue weighted by Crippen LogP contribution is 2.23. The van der Waals surface area contributed by atoms with Crippen LogP contribution in [0.15, 0.2) is 28.9 Å². The number of benzene rings is 1. The van der Waals surface area contributed by atoms with Gasteiger partial charge >= 0.3 is 0 Å². The summed E-state index contributed by atoms with van der Waals surface area (Å²) in [5.74, 6) is 1.32. The van der Waals surface area contributed by atoms with E-state index in [1.807, 2.05) is 18.2 Å². The molecule has 0 atom stereocenters. The van der Waals surface area contributed by atoms with Crippen LogP contribution in [0.5, 0.6) is 0 Å². The Hall–Kier alpha value is -1.73. The molecule has 2 heterocycles. The van der Waals surface area contributed by atoms with Crippen molar-refractivity contribution in [3.05, 3.63) is 34.4 Å². The van der Waals surface area contributed by atoms with Gasteiger partial charge in [-0.15, -0.1) is 5.10 Å². The Kier molecular flexibility index (Phi) is 4.31. The van der Waals surface area contributed by atoms with Crippen LogP contribution in [-0.4, -0.2) is 41.5 Å². The quantitative estimate of drug-likeness (QED) is 0.918. The number of hydrogen-bond donors (Lipinski definition) is 1. The number of nitrogens with one attached hydrogen (secondary N) is 1. The number of ether oxygens (including phenoxy) is 1. The van der Waals surface area contributed by atoms with Crippen molar-refractivity contribution in [2.24, 2.45) is 0 Å². The van der Waals surface area contributed by atoms with E-state index in [1.54, 1.807) is 6.20 Å². The Morgan fingerprint density at radius 1 is 1.29 bits per heavy atom. The van der Waals surface area contributed by atoms with Gasteiger partial charge in [-0.1, -0.05) is 22.0 Å². The molecule has 0 spiro atoms. The number of halogens is 1. The molecule has 2 aromatic rings. The predicted octanol–water partition coefficient (Wildman–Crippen LogP) is 2.52. The topological polar surface area (TPSA) is 63.2 Å². The minimum absolute atomic E-state index is 0.634. The number of rotatable bonds is 3. The van der Waals surface area contributed by atoms with Crippen molar-refractivity contribution in [3.8, 4) is 0 Å².